The van der Waals surface area contributed by atoms with Crippen LogP contribution in [0.3, 0.4) is 0 Å². The molecule has 1 aromatic heterocycles. The molecule has 4 nitrogen and oxygen atoms in total. The van der Waals surface area contributed by atoms with Crippen molar-refractivity contribution < 1.29 is 0 Å². The van der Waals surface area contributed by atoms with Crippen LogP contribution in [-0.2, 0) is 0 Å². The lowest BCUT2D eigenvalue weighted by Crippen LogP contribution is -2.10. The highest BCUT2D eigenvalue weighted by molar-refractivity contribution is 6.35. The Hall–Kier alpha value is -1.36. The van der Waals surface area contributed by atoms with Crippen LogP contribution in [0.15, 0.2) is 24.3 Å². The SMILES string of the molecule is Cc1cc(NN)nc(-c2cc(Cl)ccc2Cl)n1. The van der Waals surface area contributed by atoms with Gasteiger partial charge in [-0.25, -0.2) is 15.8 Å². The van der Waals surface area contributed by atoms with Crippen molar-refractivity contribution in [2.75, 3.05) is 5.43 Å². The van der Waals surface area contributed by atoms with Crippen LogP contribution >= 0.6 is 23.2 Å². The van der Waals surface area contributed by atoms with Crippen LogP contribution < -0.4 is 11.3 Å². The Kier molecular flexibility index (Phi) is 3.47. The van der Waals surface area contributed by atoms with Gasteiger partial charge in [-0.05, 0) is 25.1 Å². The van der Waals surface area contributed by atoms with Gasteiger partial charge in [0.1, 0.15) is 5.82 Å². The van der Waals surface area contributed by atoms with E-state index in [1.54, 1.807) is 24.3 Å². The quantitative estimate of drug-likeness (QED) is 0.649. The van der Waals surface area contributed by atoms with Gasteiger partial charge >= 0.3 is 0 Å². The van der Waals surface area contributed by atoms with E-state index < -0.39 is 0 Å². The van der Waals surface area contributed by atoms with Gasteiger partial charge in [0.2, 0.25) is 0 Å². The highest BCUT2D eigenvalue weighted by Crippen LogP contribution is 2.28. The van der Waals surface area contributed by atoms with E-state index in [0.29, 0.717) is 27.3 Å². The van der Waals surface area contributed by atoms with Gasteiger partial charge in [-0.1, -0.05) is 23.2 Å². The zero-order valence-electron chi connectivity index (χ0n) is 9.04. The molecule has 6 heteroatoms. The van der Waals surface area contributed by atoms with Gasteiger partial charge in [0.25, 0.3) is 0 Å². The van der Waals surface area contributed by atoms with Gasteiger partial charge in [0, 0.05) is 22.3 Å². The first kappa shape index (κ1) is 12.1. The van der Waals surface area contributed by atoms with Gasteiger partial charge in [-0.15, -0.1) is 0 Å². The number of nitrogens with one attached hydrogen (secondary N) is 1. The highest BCUT2D eigenvalue weighted by atomic mass is 35.5. The van der Waals surface area contributed by atoms with Crippen molar-refractivity contribution in [1.29, 1.82) is 0 Å². The maximum atomic E-state index is 6.09. The molecule has 0 aliphatic rings. The van der Waals surface area contributed by atoms with Gasteiger partial charge in [0.05, 0.1) is 5.02 Å². The molecule has 1 heterocycles. The van der Waals surface area contributed by atoms with Crippen molar-refractivity contribution in [1.82, 2.24) is 9.97 Å². The first-order valence-electron chi connectivity index (χ1n) is 4.88. The number of nitrogen functional groups attached to an aromatic ring is 1. The largest absolute Gasteiger partial charge is 0.308 e. The minimum atomic E-state index is 0.491. The number of anilines is 1. The molecule has 88 valence electrons. The first-order valence-corrected chi connectivity index (χ1v) is 5.63. The fourth-order valence-electron chi connectivity index (χ4n) is 1.43. The van der Waals surface area contributed by atoms with Crippen molar-refractivity contribution in [3.8, 4) is 11.4 Å². The predicted octanol–water partition coefficient (Wildman–Crippen LogP) is 3.04. The van der Waals surface area contributed by atoms with Crippen molar-refractivity contribution in [3.05, 3.63) is 40.0 Å². The maximum absolute atomic E-state index is 6.09. The van der Waals surface area contributed by atoms with Gasteiger partial charge in [-0.2, -0.15) is 0 Å². The lowest BCUT2D eigenvalue weighted by atomic mass is 10.2. The summed E-state index contributed by atoms with van der Waals surface area (Å²) >= 11 is 12.0. The van der Waals surface area contributed by atoms with Crippen LogP contribution in [0.4, 0.5) is 5.82 Å². The Balaban J connectivity index is 2.59. The lowest BCUT2D eigenvalue weighted by Gasteiger charge is -2.07. The summed E-state index contributed by atoms with van der Waals surface area (Å²) in [7, 11) is 0. The van der Waals surface area contributed by atoms with Crippen LogP contribution in [0.2, 0.25) is 10.0 Å². The standard InChI is InChI=1S/C11H10Cl2N4/c1-6-4-10(17-14)16-11(15-6)8-5-7(12)2-3-9(8)13/h2-5H,14H2,1H3,(H,15,16,17). The summed E-state index contributed by atoms with van der Waals surface area (Å²) in [5.74, 6) is 6.36. The highest BCUT2D eigenvalue weighted by Gasteiger charge is 2.09. The number of hydrazine groups is 1. The van der Waals surface area contributed by atoms with E-state index in [2.05, 4.69) is 15.4 Å². The second kappa shape index (κ2) is 4.87. The number of hydrogen-bond acceptors (Lipinski definition) is 4. The Morgan fingerprint density at radius 1 is 1.18 bits per heavy atom. The summed E-state index contributed by atoms with van der Waals surface area (Å²) < 4.78 is 0. The summed E-state index contributed by atoms with van der Waals surface area (Å²) in [4.78, 5) is 8.54. The molecule has 0 spiro atoms. The monoisotopic (exact) mass is 268 g/mol. The Bertz CT molecular complexity index is 557. The van der Waals surface area contributed by atoms with E-state index in [4.69, 9.17) is 29.0 Å². The summed E-state index contributed by atoms with van der Waals surface area (Å²) in [5.41, 5.74) is 3.96. The van der Waals surface area contributed by atoms with Crippen molar-refractivity contribution >= 4 is 29.0 Å². The molecule has 0 unspecified atom stereocenters. The number of benzene rings is 1. The number of hydrogen-bond donors (Lipinski definition) is 2. The zero-order valence-corrected chi connectivity index (χ0v) is 10.5. The van der Waals surface area contributed by atoms with E-state index in [9.17, 15) is 0 Å². The minimum absolute atomic E-state index is 0.491. The number of aromatic nitrogens is 2. The molecule has 0 fully saturated rings. The minimum Gasteiger partial charge on any atom is -0.308 e. The Labute approximate surface area is 109 Å². The Morgan fingerprint density at radius 2 is 1.94 bits per heavy atom. The van der Waals surface area contributed by atoms with Gasteiger partial charge in [0.15, 0.2) is 5.82 Å². The molecule has 0 atom stereocenters. The van der Waals surface area contributed by atoms with Crippen molar-refractivity contribution in [2.24, 2.45) is 5.84 Å². The molecule has 0 radical (unpaired) electrons. The van der Waals surface area contributed by atoms with E-state index in [1.807, 2.05) is 6.92 Å². The average Bonchev–Trinajstić information content (AvgIpc) is 2.31. The third kappa shape index (κ3) is 2.66. The fraction of sp³-hybridized carbons (Fsp3) is 0.0909. The molecule has 0 amide bonds. The molecular formula is C11H10Cl2N4. The summed E-state index contributed by atoms with van der Waals surface area (Å²) in [5, 5.41) is 1.12. The first-order chi connectivity index (χ1) is 8.10. The molecule has 2 rings (SSSR count). The normalized spacial score (nSPS) is 10.4. The van der Waals surface area contributed by atoms with E-state index >= 15 is 0 Å². The van der Waals surface area contributed by atoms with Crippen molar-refractivity contribution in [3.63, 3.8) is 0 Å². The Morgan fingerprint density at radius 3 is 2.65 bits per heavy atom. The molecular weight excluding hydrogens is 259 g/mol. The topological polar surface area (TPSA) is 63.8 Å². The molecule has 3 N–H and O–H groups in total. The molecule has 0 bridgehead atoms. The van der Waals surface area contributed by atoms with E-state index in [-0.39, 0.29) is 0 Å². The number of rotatable bonds is 2. The van der Waals surface area contributed by atoms with Crippen LogP contribution in [0.1, 0.15) is 5.69 Å². The smallest absolute Gasteiger partial charge is 0.163 e. The van der Waals surface area contributed by atoms with Gasteiger partial charge in [-0.3, -0.25) is 0 Å². The number of nitrogens with zero attached hydrogens (tertiary/aromatic N) is 2. The molecule has 0 saturated carbocycles. The number of halogens is 2. The van der Waals surface area contributed by atoms with Crippen LogP contribution in [-0.4, -0.2) is 9.97 Å². The van der Waals surface area contributed by atoms with E-state index in [0.717, 1.165) is 5.69 Å². The fourth-order valence-corrected chi connectivity index (χ4v) is 1.81. The van der Waals surface area contributed by atoms with Gasteiger partial charge < -0.3 is 5.43 Å². The van der Waals surface area contributed by atoms with Crippen LogP contribution in [0.5, 0.6) is 0 Å². The molecule has 0 aliphatic carbocycles. The van der Waals surface area contributed by atoms with Crippen molar-refractivity contribution in [2.45, 2.75) is 6.92 Å². The second-order valence-corrected chi connectivity index (χ2v) is 4.33. The molecule has 0 saturated heterocycles. The number of aryl methyl sites for hydroxylation is 1. The third-order valence-corrected chi connectivity index (χ3v) is 2.74. The molecule has 0 aliphatic heterocycles. The zero-order chi connectivity index (χ0) is 12.4. The molecule has 1 aromatic carbocycles. The summed E-state index contributed by atoms with van der Waals surface area (Å²) in [6.07, 6.45) is 0. The summed E-state index contributed by atoms with van der Waals surface area (Å²) in [6.45, 7) is 1.85. The predicted molar refractivity (Wildman–Crippen MR) is 70.0 cm³/mol. The maximum Gasteiger partial charge on any atom is 0.163 e. The lowest BCUT2D eigenvalue weighted by molar-refractivity contribution is 1.09. The average molecular weight is 269 g/mol. The molecule has 17 heavy (non-hydrogen) atoms. The summed E-state index contributed by atoms with van der Waals surface area (Å²) in [6, 6.07) is 6.88. The molecule has 2 aromatic rings. The third-order valence-electron chi connectivity index (χ3n) is 2.17. The van der Waals surface area contributed by atoms with Crippen LogP contribution in [0, 0.1) is 6.92 Å². The van der Waals surface area contributed by atoms with E-state index in [1.165, 1.54) is 0 Å². The number of nitrogens with two attached hydrogens (primary N) is 1. The second-order valence-electron chi connectivity index (χ2n) is 3.49. The van der Waals surface area contributed by atoms with Crippen LogP contribution in [0.25, 0.3) is 11.4 Å².